The lowest BCUT2D eigenvalue weighted by Gasteiger charge is -2.11. The molecular formula is C12H13NO7. The minimum Gasteiger partial charge on any atom is -0.487 e. The second-order valence-corrected chi connectivity index (χ2v) is 3.87. The molecule has 0 amide bonds. The number of esters is 1. The summed E-state index contributed by atoms with van der Waals surface area (Å²) in [6.45, 7) is 1.22. The van der Waals surface area contributed by atoms with E-state index in [0.29, 0.717) is 13.2 Å². The van der Waals surface area contributed by atoms with Crippen LogP contribution < -0.4 is 9.47 Å². The molecule has 0 saturated carbocycles. The van der Waals surface area contributed by atoms with Gasteiger partial charge in [0.1, 0.15) is 18.8 Å². The van der Waals surface area contributed by atoms with E-state index in [0.717, 1.165) is 13.2 Å². The maximum absolute atomic E-state index is 11.6. The molecule has 1 aliphatic heterocycles. The summed E-state index contributed by atoms with van der Waals surface area (Å²) in [6, 6.07) is 2.41. The summed E-state index contributed by atoms with van der Waals surface area (Å²) in [5.74, 6) is -0.351. The summed E-state index contributed by atoms with van der Waals surface area (Å²) in [4.78, 5) is 22.0. The monoisotopic (exact) mass is 283 g/mol. The van der Waals surface area contributed by atoms with Crippen molar-refractivity contribution in [1.82, 2.24) is 0 Å². The number of methoxy groups -OCH3 is 1. The molecule has 20 heavy (non-hydrogen) atoms. The molecule has 2 rings (SSSR count). The highest BCUT2D eigenvalue weighted by molar-refractivity contribution is 5.94. The Bertz CT molecular complexity index is 529. The molecule has 0 aromatic heterocycles. The number of hydrogen-bond donors (Lipinski definition) is 0. The van der Waals surface area contributed by atoms with Crippen molar-refractivity contribution >= 4 is 11.7 Å². The van der Waals surface area contributed by atoms with Gasteiger partial charge in [0.25, 0.3) is 5.69 Å². The summed E-state index contributed by atoms with van der Waals surface area (Å²) in [5.41, 5.74) is -0.570. The standard InChI is InChI=1S/C12H13NO7/c1-17-12(14)8-6-10-11(7-9(8)13(15)16)20-5-3-18-2-4-19-10/h6-7H,2-5H2,1H3. The van der Waals surface area contributed by atoms with Gasteiger partial charge in [-0.2, -0.15) is 0 Å². The molecule has 0 spiro atoms. The van der Waals surface area contributed by atoms with Gasteiger partial charge >= 0.3 is 5.97 Å². The summed E-state index contributed by atoms with van der Waals surface area (Å²) in [7, 11) is 1.15. The smallest absolute Gasteiger partial charge is 0.345 e. The van der Waals surface area contributed by atoms with Crippen molar-refractivity contribution in [2.75, 3.05) is 33.5 Å². The Labute approximate surface area is 114 Å². The molecule has 0 bridgehead atoms. The van der Waals surface area contributed by atoms with Crippen LogP contribution in [0.5, 0.6) is 11.5 Å². The number of carbonyl (C=O) groups is 1. The van der Waals surface area contributed by atoms with Gasteiger partial charge in [-0.1, -0.05) is 0 Å². The van der Waals surface area contributed by atoms with Crippen LogP contribution in [-0.2, 0) is 9.47 Å². The van der Waals surface area contributed by atoms with Crippen molar-refractivity contribution in [2.24, 2.45) is 0 Å². The average Bonchev–Trinajstić information content (AvgIpc) is 2.56. The predicted molar refractivity (Wildman–Crippen MR) is 66.2 cm³/mol. The van der Waals surface area contributed by atoms with Gasteiger partial charge in [-0.05, 0) is 0 Å². The molecule has 108 valence electrons. The number of ether oxygens (including phenoxy) is 4. The minimum absolute atomic E-state index is 0.181. The van der Waals surface area contributed by atoms with Crippen LogP contribution in [0.25, 0.3) is 0 Å². The predicted octanol–water partition coefficient (Wildman–Crippen LogP) is 1.17. The van der Waals surface area contributed by atoms with Gasteiger partial charge in [0.15, 0.2) is 11.5 Å². The van der Waals surface area contributed by atoms with E-state index in [1.54, 1.807) is 0 Å². The van der Waals surface area contributed by atoms with Crippen LogP contribution in [0.2, 0.25) is 0 Å². The largest absolute Gasteiger partial charge is 0.487 e. The topological polar surface area (TPSA) is 97.1 Å². The van der Waals surface area contributed by atoms with Crippen LogP contribution in [0.15, 0.2) is 12.1 Å². The Morgan fingerprint density at radius 3 is 2.35 bits per heavy atom. The van der Waals surface area contributed by atoms with Gasteiger partial charge in [0, 0.05) is 6.07 Å². The Kier molecular flexibility index (Phi) is 4.36. The van der Waals surface area contributed by atoms with Crippen LogP contribution in [0.1, 0.15) is 10.4 Å². The minimum atomic E-state index is -0.806. The van der Waals surface area contributed by atoms with Gasteiger partial charge in [-0.25, -0.2) is 4.79 Å². The molecule has 0 fully saturated rings. The van der Waals surface area contributed by atoms with Gasteiger partial charge in [-0.15, -0.1) is 0 Å². The maximum atomic E-state index is 11.6. The van der Waals surface area contributed by atoms with E-state index in [1.807, 2.05) is 0 Å². The number of nitrogens with zero attached hydrogens (tertiary/aromatic N) is 1. The molecule has 1 aromatic carbocycles. The van der Waals surface area contributed by atoms with Crippen molar-refractivity contribution in [3.63, 3.8) is 0 Å². The first-order valence-electron chi connectivity index (χ1n) is 5.87. The van der Waals surface area contributed by atoms with E-state index in [2.05, 4.69) is 4.74 Å². The van der Waals surface area contributed by atoms with Crippen LogP contribution in [-0.4, -0.2) is 44.4 Å². The first-order chi connectivity index (χ1) is 9.63. The zero-order valence-corrected chi connectivity index (χ0v) is 10.8. The Hall–Kier alpha value is -2.35. The molecular weight excluding hydrogens is 270 g/mol. The first kappa shape index (κ1) is 14.1. The van der Waals surface area contributed by atoms with E-state index >= 15 is 0 Å². The zero-order chi connectivity index (χ0) is 14.5. The van der Waals surface area contributed by atoms with Crippen molar-refractivity contribution in [2.45, 2.75) is 0 Å². The summed E-state index contributed by atoms with van der Waals surface area (Å²) < 4.78 is 20.5. The maximum Gasteiger partial charge on any atom is 0.345 e. The molecule has 1 aliphatic rings. The molecule has 8 heteroatoms. The lowest BCUT2D eigenvalue weighted by Crippen LogP contribution is -2.08. The summed E-state index contributed by atoms with van der Waals surface area (Å²) in [6.07, 6.45) is 0. The highest BCUT2D eigenvalue weighted by atomic mass is 16.6. The Balaban J connectivity index is 2.47. The second-order valence-electron chi connectivity index (χ2n) is 3.87. The molecule has 0 atom stereocenters. The molecule has 8 nitrogen and oxygen atoms in total. The fourth-order valence-corrected chi connectivity index (χ4v) is 1.72. The van der Waals surface area contributed by atoms with Crippen molar-refractivity contribution in [1.29, 1.82) is 0 Å². The van der Waals surface area contributed by atoms with E-state index in [4.69, 9.17) is 14.2 Å². The van der Waals surface area contributed by atoms with Gasteiger partial charge in [-0.3, -0.25) is 10.1 Å². The first-order valence-corrected chi connectivity index (χ1v) is 5.87. The molecule has 1 heterocycles. The number of carbonyl (C=O) groups excluding carboxylic acids is 1. The van der Waals surface area contributed by atoms with Crippen LogP contribution in [0.4, 0.5) is 5.69 Å². The lowest BCUT2D eigenvalue weighted by atomic mass is 10.1. The molecule has 0 saturated heterocycles. The quantitative estimate of drug-likeness (QED) is 0.456. The normalized spacial score (nSPS) is 14.7. The number of fused-ring (bicyclic) bond motifs is 1. The number of nitro groups is 1. The van der Waals surface area contributed by atoms with Crippen molar-refractivity contribution in [3.05, 3.63) is 27.8 Å². The Morgan fingerprint density at radius 2 is 1.80 bits per heavy atom. The number of rotatable bonds is 2. The van der Waals surface area contributed by atoms with E-state index < -0.39 is 10.9 Å². The van der Waals surface area contributed by atoms with Gasteiger partial charge in [0.05, 0.1) is 31.3 Å². The molecule has 0 aliphatic carbocycles. The lowest BCUT2D eigenvalue weighted by molar-refractivity contribution is -0.385. The van der Waals surface area contributed by atoms with Crippen LogP contribution in [0, 0.1) is 10.1 Å². The molecule has 1 aromatic rings. The zero-order valence-electron chi connectivity index (χ0n) is 10.8. The van der Waals surface area contributed by atoms with Gasteiger partial charge < -0.3 is 18.9 Å². The SMILES string of the molecule is COC(=O)c1cc2c(cc1[N+](=O)[O-])OCCOCCO2. The number of benzene rings is 1. The molecule has 0 unspecified atom stereocenters. The summed E-state index contributed by atoms with van der Waals surface area (Å²) >= 11 is 0. The highest BCUT2D eigenvalue weighted by Gasteiger charge is 2.25. The van der Waals surface area contributed by atoms with Gasteiger partial charge in [0.2, 0.25) is 0 Å². The molecule has 0 radical (unpaired) electrons. The third kappa shape index (κ3) is 2.97. The fourth-order valence-electron chi connectivity index (χ4n) is 1.72. The van der Waals surface area contributed by atoms with Crippen molar-refractivity contribution < 1.29 is 28.7 Å². The second kappa shape index (κ2) is 6.20. The van der Waals surface area contributed by atoms with Crippen LogP contribution >= 0.6 is 0 Å². The van der Waals surface area contributed by atoms with E-state index in [1.165, 1.54) is 6.07 Å². The van der Waals surface area contributed by atoms with E-state index in [9.17, 15) is 14.9 Å². The van der Waals surface area contributed by atoms with Crippen molar-refractivity contribution in [3.8, 4) is 11.5 Å². The number of hydrogen-bond acceptors (Lipinski definition) is 7. The third-order valence-corrected chi connectivity index (χ3v) is 2.63. The molecule has 0 N–H and O–H groups in total. The number of nitro benzene ring substituents is 1. The fraction of sp³-hybridized carbons (Fsp3) is 0.417. The summed E-state index contributed by atoms with van der Waals surface area (Å²) in [5, 5.41) is 11.0. The average molecular weight is 283 g/mol. The highest BCUT2D eigenvalue weighted by Crippen LogP contribution is 2.35. The van der Waals surface area contributed by atoms with Crippen LogP contribution in [0.3, 0.4) is 0 Å². The van der Waals surface area contributed by atoms with E-state index in [-0.39, 0.29) is 36.0 Å². The Morgan fingerprint density at radius 1 is 1.20 bits per heavy atom. The third-order valence-electron chi connectivity index (χ3n) is 2.63.